The summed E-state index contributed by atoms with van der Waals surface area (Å²) in [6.45, 7) is -1.37. The van der Waals surface area contributed by atoms with Crippen molar-refractivity contribution in [3.8, 4) is 11.5 Å². The van der Waals surface area contributed by atoms with Gasteiger partial charge in [-0.3, -0.25) is 0 Å². The Labute approximate surface area is 154 Å². The van der Waals surface area contributed by atoms with Gasteiger partial charge < -0.3 is 19.7 Å². The molecule has 1 fully saturated rings. The third kappa shape index (κ3) is 4.91. The van der Waals surface area contributed by atoms with Gasteiger partial charge in [-0.2, -0.15) is 18.2 Å². The summed E-state index contributed by atoms with van der Waals surface area (Å²) >= 11 is 0. The molecule has 0 bridgehead atoms. The predicted molar refractivity (Wildman–Crippen MR) is 90.6 cm³/mol. The standard InChI is InChI=1S/C18H22F3N3O3/c1-25-14-10-12(4-6-13(14)26-11-18(19,20)21)5-7-15-23-16(24-27-15)17(22)8-2-3-9-17/h4,6,10H,2-3,5,7-9,11,22H2,1H3. The summed E-state index contributed by atoms with van der Waals surface area (Å²) in [6, 6.07) is 4.80. The van der Waals surface area contributed by atoms with E-state index in [-0.39, 0.29) is 11.5 Å². The molecular weight excluding hydrogens is 363 g/mol. The van der Waals surface area contributed by atoms with Gasteiger partial charge in [0.05, 0.1) is 12.6 Å². The van der Waals surface area contributed by atoms with Crippen LogP contribution in [0.2, 0.25) is 0 Å². The molecule has 9 heteroatoms. The number of aryl methyl sites for hydroxylation is 2. The number of halogens is 3. The Hall–Kier alpha value is -2.29. The lowest BCUT2D eigenvalue weighted by Gasteiger charge is -2.17. The molecule has 0 spiro atoms. The molecule has 0 saturated heterocycles. The van der Waals surface area contributed by atoms with E-state index in [1.54, 1.807) is 12.1 Å². The first kappa shape index (κ1) is 19.5. The van der Waals surface area contributed by atoms with E-state index in [0.717, 1.165) is 31.2 Å². The average molecular weight is 385 g/mol. The van der Waals surface area contributed by atoms with Crippen LogP contribution < -0.4 is 15.2 Å². The zero-order chi connectivity index (χ0) is 19.5. The van der Waals surface area contributed by atoms with Gasteiger partial charge in [0.2, 0.25) is 5.89 Å². The van der Waals surface area contributed by atoms with Crippen molar-refractivity contribution in [3.63, 3.8) is 0 Å². The van der Waals surface area contributed by atoms with E-state index < -0.39 is 18.3 Å². The SMILES string of the molecule is COc1cc(CCc2nc(C3(N)CCCC3)no2)ccc1OCC(F)(F)F. The van der Waals surface area contributed by atoms with E-state index in [0.29, 0.717) is 24.6 Å². The average Bonchev–Trinajstić information content (AvgIpc) is 3.27. The van der Waals surface area contributed by atoms with Crippen molar-refractivity contribution in [2.75, 3.05) is 13.7 Å². The lowest BCUT2D eigenvalue weighted by atomic mass is 9.99. The summed E-state index contributed by atoms with van der Waals surface area (Å²) in [7, 11) is 1.38. The molecule has 1 heterocycles. The Balaban J connectivity index is 1.62. The first-order chi connectivity index (χ1) is 12.8. The highest BCUT2D eigenvalue weighted by atomic mass is 19.4. The minimum absolute atomic E-state index is 0.0463. The highest BCUT2D eigenvalue weighted by Gasteiger charge is 2.35. The second-order valence-electron chi connectivity index (χ2n) is 6.76. The maximum atomic E-state index is 12.3. The molecule has 1 aromatic carbocycles. The zero-order valence-corrected chi connectivity index (χ0v) is 15.0. The van der Waals surface area contributed by atoms with Crippen molar-refractivity contribution in [2.24, 2.45) is 5.73 Å². The molecule has 148 valence electrons. The predicted octanol–water partition coefficient (Wildman–Crippen LogP) is 3.53. The molecule has 0 unspecified atom stereocenters. The molecule has 6 nitrogen and oxygen atoms in total. The maximum absolute atomic E-state index is 12.3. The Bertz CT molecular complexity index is 771. The van der Waals surface area contributed by atoms with Crippen molar-refractivity contribution < 1.29 is 27.2 Å². The number of hydrogen-bond donors (Lipinski definition) is 1. The topological polar surface area (TPSA) is 83.4 Å². The fourth-order valence-corrected chi connectivity index (χ4v) is 3.19. The van der Waals surface area contributed by atoms with E-state index in [1.165, 1.54) is 13.2 Å². The lowest BCUT2D eigenvalue weighted by molar-refractivity contribution is -0.153. The highest BCUT2D eigenvalue weighted by Crippen LogP contribution is 2.34. The van der Waals surface area contributed by atoms with Gasteiger partial charge in [0.15, 0.2) is 23.9 Å². The van der Waals surface area contributed by atoms with Crippen LogP contribution in [0.15, 0.2) is 22.7 Å². The molecule has 1 saturated carbocycles. The smallest absolute Gasteiger partial charge is 0.422 e. The van der Waals surface area contributed by atoms with Gasteiger partial charge in [0.25, 0.3) is 0 Å². The molecule has 2 aromatic rings. The Kier molecular flexibility index (Phi) is 5.59. The first-order valence-corrected chi connectivity index (χ1v) is 8.77. The summed E-state index contributed by atoms with van der Waals surface area (Å²) in [5.74, 6) is 1.32. The number of hydrogen-bond acceptors (Lipinski definition) is 6. The van der Waals surface area contributed by atoms with E-state index in [4.69, 9.17) is 19.7 Å². The number of alkyl halides is 3. The van der Waals surface area contributed by atoms with Crippen LogP contribution in [0.3, 0.4) is 0 Å². The molecule has 0 atom stereocenters. The second kappa shape index (κ2) is 7.75. The van der Waals surface area contributed by atoms with Crippen LogP contribution in [-0.4, -0.2) is 30.0 Å². The van der Waals surface area contributed by atoms with Crippen LogP contribution in [0, 0.1) is 0 Å². The Morgan fingerprint density at radius 3 is 2.59 bits per heavy atom. The molecule has 3 rings (SSSR count). The van der Waals surface area contributed by atoms with Gasteiger partial charge in [-0.15, -0.1) is 0 Å². The number of nitrogens with two attached hydrogens (primary N) is 1. The van der Waals surface area contributed by atoms with E-state index in [1.807, 2.05) is 0 Å². The third-order valence-corrected chi connectivity index (χ3v) is 4.66. The minimum atomic E-state index is -4.40. The molecule has 0 amide bonds. The number of aromatic nitrogens is 2. The number of benzene rings is 1. The van der Waals surface area contributed by atoms with Crippen molar-refractivity contribution in [2.45, 2.75) is 50.2 Å². The highest BCUT2D eigenvalue weighted by molar-refractivity contribution is 5.43. The second-order valence-corrected chi connectivity index (χ2v) is 6.76. The van der Waals surface area contributed by atoms with Crippen molar-refractivity contribution in [1.82, 2.24) is 10.1 Å². The summed E-state index contributed by atoms with van der Waals surface area (Å²) in [6.07, 6.45) is 0.472. The number of ether oxygens (including phenoxy) is 2. The first-order valence-electron chi connectivity index (χ1n) is 8.77. The number of rotatable bonds is 7. The number of methoxy groups -OCH3 is 1. The van der Waals surface area contributed by atoms with Gasteiger partial charge in [-0.25, -0.2) is 0 Å². The van der Waals surface area contributed by atoms with Crippen LogP contribution in [0.25, 0.3) is 0 Å². The summed E-state index contributed by atoms with van der Waals surface area (Å²) in [4.78, 5) is 4.41. The molecular formula is C18H22F3N3O3. The molecule has 1 aliphatic rings. The van der Waals surface area contributed by atoms with E-state index >= 15 is 0 Å². The summed E-state index contributed by atoms with van der Waals surface area (Å²) < 4.78 is 52.1. The normalized spacial score (nSPS) is 16.5. The van der Waals surface area contributed by atoms with Gasteiger partial charge in [-0.05, 0) is 37.0 Å². The van der Waals surface area contributed by atoms with Crippen molar-refractivity contribution in [3.05, 3.63) is 35.5 Å². The van der Waals surface area contributed by atoms with Crippen LogP contribution in [0.5, 0.6) is 11.5 Å². The quantitative estimate of drug-likeness (QED) is 0.785. The van der Waals surface area contributed by atoms with Gasteiger partial charge in [-0.1, -0.05) is 24.1 Å². The van der Waals surface area contributed by atoms with Gasteiger partial charge in [0, 0.05) is 6.42 Å². The largest absolute Gasteiger partial charge is 0.493 e. The van der Waals surface area contributed by atoms with E-state index in [2.05, 4.69) is 10.1 Å². The van der Waals surface area contributed by atoms with Crippen LogP contribution >= 0.6 is 0 Å². The van der Waals surface area contributed by atoms with Gasteiger partial charge >= 0.3 is 6.18 Å². The fourth-order valence-electron chi connectivity index (χ4n) is 3.19. The van der Waals surface area contributed by atoms with Crippen LogP contribution in [-0.2, 0) is 18.4 Å². The summed E-state index contributed by atoms with van der Waals surface area (Å²) in [5.41, 5.74) is 6.68. The molecule has 27 heavy (non-hydrogen) atoms. The van der Waals surface area contributed by atoms with Crippen LogP contribution in [0.4, 0.5) is 13.2 Å². The van der Waals surface area contributed by atoms with Crippen LogP contribution in [0.1, 0.15) is 43.0 Å². The Morgan fingerprint density at radius 1 is 1.19 bits per heavy atom. The van der Waals surface area contributed by atoms with E-state index in [9.17, 15) is 13.2 Å². The third-order valence-electron chi connectivity index (χ3n) is 4.66. The molecule has 0 radical (unpaired) electrons. The molecule has 1 aromatic heterocycles. The monoisotopic (exact) mass is 385 g/mol. The van der Waals surface area contributed by atoms with Crippen molar-refractivity contribution >= 4 is 0 Å². The maximum Gasteiger partial charge on any atom is 0.422 e. The number of nitrogens with zero attached hydrogens (tertiary/aromatic N) is 2. The van der Waals surface area contributed by atoms with Crippen molar-refractivity contribution in [1.29, 1.82) is 0 Å². The Morgan fingerprint density at radius 2 is 1.93 bits per heavy atom. The molecule has 1 aliphatic carbocycles. The molecule has 2 N–H and O–H groups in total. The summed E-state index contributed by atoms with van der Waals surface area (Å²) in [5, 5.41) is 4.02. The lowest BCUT2D eigenvalue weighted by Crippen LogP contribution is -2.34. The zero-order valence-electron chi connectivity index (χ0n) is 15.0. The minimum Gasteiger partial charge on any atom is -0.493 e. The van der Waals surface area contributed by atoms with Gasteiger partial charge in [0.1, 0.15) is 0 Å². The fraction of sp³-hybridized carbons (Fsp3) is 0.556. The molecule has 0 aliphatic heterocycles.